The molecule has 2 N–H and O–H groups in total. The first kappa shape index (κ1) is 14.8. The lowest BCUT2D eigenvalue weighted by atomic mass is 10.1. The predicted octanol–water partition coefficient (Wildman–Crippen LogP) is 3.07. The van der Waals surface area contributed by atoms with Crippen molar-refractivity contribution in [1.82, 2.24) is 0 Å². The molecular weight excluding hydrogens is 264 g/mol. The van der Waals surface area contributed by atoms with Gasteiger partial charge in [-0.25, -0.2) is 0 Å². The predicted molar refractivity (Wildman–Crippen MR) is 85.1 cm³/mol. The topological polar surface area (TPSA) is 61.7 Å². The number of benzene rings is 2. The fourth-order valence-corrected chi connectivity index (χ4v) is 2.01. The number of hydrogen-bond acceptors (Lipinski definition) is 3. The van der Waals surface area contributed by atoms with E-state index in [2.05, 4.69) is 10.3 Å². The number of phenolic OH excluding ortho intramolecular Hbond substituents is 1. The van der Waals surface area contributed by atoms with Crippen LogP contribution in [-0.2, 0) is 4.79 Å². The largest absolute Gasteiger partial charge is 0.507 e. The minimum absolute atomic E-state index is 0.0160. The Kier molecular flexibility index (Phi) is 4.72. The summed E-state index contributed by atoms with van der Waals surface area (Å²) in [6.45, 7) is 3.92. The van der Waals surface area contributed by atoms with Gasteiger partial charge in [-0.3, -0.25) is 9.79 Å². The third-order valence-corrected chi connectivity index (χ3v) is 3.15. The van der Waals surface area contributed by atoms with E-state index in [1.54, 1.807) is 24.3 Å². The molecule has 2 aromatic rings. The second-order valence-corrected chi connectivity index (χ2v) is 4.84. The van der Waals surface area contributed by atoms with Gasteiger partial charge in [0.25, 0.3) is 0 Å². The summed E-state index contributed by atoms with van der Waals surface area (Å²) in [4.78, 5) is 16.0. The van der Waals surface area contributed by atoms with Crippen LogP contribution in [0.2, 0.25) is 0 Å². The van der Waals surface area contributed by atoms with Crippen molar-refractivity contribution in [2.45, 2.75) is 13.8 Å². The van der Waals surface area contributed by atoms with E-state index in [4.69, 9.17) is 0 Å². The molecule has 0 spiro atoms. The van der Waals surface area contributed by atoms with Crippen LogP contribution in [0.1, 0.15) is 16.7 Å². The molecule has 0 aliphatic heterocycles. The molecule has 4 nitrogen and oxygen atoms in total. The summed E-state index contributed by atoms with van der Waals surface area (Å²) in [6, 6.07) is 12.7. The first-order valence-corrected chi connectivity index (χ1v) is 6.72. The standard InChI is InChI=1S/C17H18N2O2/c1-12-6-5-7-13(2)17(12)19-16(21)11-18-10-14-8-3-4-9-15(14)20/h3-10,20H,11H2,1-2H3,(H,19,21). The second kappa shape index (κ2) is 6.70. The molecule has 0 aliphatic carbocycles. The first-order valence-electron chi connectivity index (χ1n) is 6.72. The molecule has 0 saturated heterocycles. The monoisotopic (exact) mass is 282 g/mol. The molecule has 0 radical (unpaired) electrons. The highest BCUT2D eigenvalue weighted by molar-refractivity contribution is 5.95. The maximum atomic E-state index is 11.9. The Bertz CT molecular complexity index is 658. The normalized spacial score (nSPS) is 10.8. The highest BCUT2D eigenvalue weighted by Crippen LogP contribution is 2.19. The molecule has 1 amide bonds. The zero-order chi connectivity index (χ0) is 15.2. The van der Waals surface area contributed by atoms with Gasteiger partial charge in [0.05, 0.1) is 0 Å². The quantitative estimate of drug-likeness (QED) is 0.847. The summed E-state index contributed by atoms with van der Waals surface area (Å²) in [5, 5.41) is 12.5. The SMILES string of the molecule is Cc1cccc(C)c1NC(=O)CN=Cc1ccccc1O. The lowest BCUT2D eigenvalue weighted by Gasteiger charge is -2.10. The number of anilines is 1. The Labute approximate surface area is 124 Å². The molecule has 0 fully saturated rings. The lowest BCUT2D eigenvalue weighted by Crippen LogP contribution is -2.16. The van der Waals surface area contributed by atoms with Gasteiger partial charge in [-0.15, -0.1) is 0 Å². The smallest absolute Gasteiger partial charge is 0.246 e. The summed E-state index contributed by atoms with van der Waals surface area (Å²) >= 11 is 0. The van der Waals surface area contributed by atoms with Crippen molar-refractivity contribution in [2.75, 3.05) is 11.9 Å². The van der Waals surface area contributed by atoms with Crippen LogP contribution in [0.3, 0.4) is 0 Å². The Morgan fingerprint density at radius 2 is 1.81 bits per heavy atom. The first-order chi connectivity index (χ1) is 10.1. The third kappa shape index (κ3) is 3.92. The van der Waals surface area contributed by atoms with E-state index in [1.807, 2.05) is 32.0 Å². The molecule has 108 valence electrons. The van der Waals surface area contributed by atoms with Crippen LogP contribution in [0.4, 0.5) is 5.69 Å². The van der Waals surface area contributed by atoms with Gasteiger partial charge in [-0.2, -0.15) is 0 Å². The number of phenols is 1. The number of para-hydroxylation sites is 2. The van der Waals surface area contributed by atoms with Gasteiger partial charge in [-0.05, 0) is 37.1 Å². The van der Waals surface area contributed by atoms with Gasteiger partial charge in [0.1, 0.15) is 12.3 Å². The number of nitrogens with one attached hydrogen (secondary N) is 1. The van der Waals surface area contributed by atoms with Crippen molar-refractivity contribution in [3.05, 3.63) is 59.2 Å². The van der Waals surface area contributed by atoms with Gasteiger partial charge >= 0.3 is 0 Å². The molecule has 0 aliphatic rings. The number of rotatable bonds is 4. The molecule has 0 saturated carbocycles. The molecule has 4 heteroatoms. The number of aryl methyl sites for hydroxylation is 2. The van der Waals surface area contributed by atoms with Gasteiger partial charge in [-0.1, -0.05) is 30.3 Å². The number of carbonyl (C=O) groups is 1. The van der Waals surface area contributed by atoms with E-state index in [9.17, 15) is 9.90 Å². The summed E-state index contributed by atoms with van der Waals surface area (Å²) in [7, 11) is 0. The summed E-state index contributed by atoms with van der Waals surface area (Å²) < 4.78 is 0. The van der Waals surface area contributed by atoms with Crippen LogP contribution in [0.15, 0.2) is 47.5 Å². The summed E-state index contributed by atoms with van der Waals surface area (Å²) in [5.74, 6) is -0.0320. The molecule has 0 bridgehead atoms. The zero-order valence-corrected chi connectivity index (χ0v) is 12.1. The highest BCUT2D eigenvalue weighted by Gasteiger charge is 2.06. The average Bonchev–Trinajstić information content (AvgIpc) is 2.45. The maximum Gasteiger partial charge on any atom is 0.246 e. The van der Waals surface area contributed by atoms with Crippen molar-refractivity contribution in [2.24, 2.45) is 4.99 Å². The van der Waals surface area contributed by atoms with E-state index in [-0.39, 0.29) is 18.2 Å². The average molecular weight is 282 g/mol. The van der Waals surface area contributed by atoms with Crippen molar-refractivity contribution >= 4 is 17.8 Å². The zero-order valence-electron chi connectivity index (χ0n) is 12.1. The van der Waals surface area contributed by atoms with Crippen molar-refractivity contribution < 1.29 is 9.90 Å². The molecule has 2 rings (SSSR count). The van der Waals surface area contributed by atoms with Gasteiger partial charge in [0.2, 0.25) is 5.91 Å². The number of aliphatic imine (C=N–C) groups is 1. The van der Waals surface area contributed by atoms with E-state index in [0.29, 0.717) is 5.56 Å². The van der Waals surface area contributed by atoms with Crippen molar-refractivity contribution in [3.8, 4) is 5.75 Å². The summed E-state index contributed by atoms with van der Waals surface area (Å²) in [5.41, 5.74) is 3.47. The summed E-state index contributed by atoms with van der Waals surface area (Å²) in [6.07, 6.45) is 1.50. The van der Waals surface area contributed by atoms with Crippen LogP contribution in [0.25, 0.3) is 0 Å². The van der Waals surface area contributed by atoms with Crippen LogP contribution in [-0.4, -0.2) is 23.8 Å². The molecule has 0 heterocycles. The van der Waals surface area contributed by atoms with Crippen molar-refractivity contribution in [3.63, 3.8) is 0 Å². The minimum Gasteiger partial charge on any atom is -0.507 e. The number of amides is 1. The van der Waals surface area contributed by atoms with E-state index < -0.39 is 0 Å². The molecule has 0 aromatic heterocycles. The second-order valence-electron chi connectivity index (χ2n) is 4.84. The molecule has 0 unspecified atom stereocenters. The molecule has 21 heavy (non-hydrogen) atoms. The number of carbonyl (C=O) groups excluding carboxylic acids is 1. The molecular formula is C17H18N2O2. The Hall–Kier alpha value is -2.62. The number of aromatic hydroxyl groups is 1. The lowest BCUT2D eigenvalue weighted by molar-refractivity contribution is -0.114. The minimum atomic E-state index is -0.181. The fourth-order valence-electron chi connectivity index (χ4n) is 2.01. The van der Waals surface area contributed by atoms with E-state index in [0.717, 1.165) is 16.8 Å². The Morgan fingerprint density at radius 1 is 1.14 bits per heavy atom. The molecule has 0 atom stereocenters. The fraction of sp³-hybridized carbons (Fsp3) is 0.176. The van der Waals surface area contributed by atoms with Crippen molar-refractivity contribution in [1.29, 1.82) is 0 Å². The van der Waals surface area contributed by atoms with E-state index >= 15 is 0 Å². The van der Waals surface area contributed by atoms with Crippen LogP contribution in [0.5, 0.6) is 5.75 Å². The maximum absolute atomic E-state index is 11.9. The van der Waals surface area contributed by atoms with Crippen LogP contribution in [0, 0.1) is 13.8 Å². The van der Waals surface area contributed by atoms with E-state index in [1.165, 1.54) is 6.21 Å². The Morgan fingerprint density at radius 3 is 2.48 bits per heavy atom. The third-order valence-electron chi connectivity index (χ3n) is 3.15. The highest BCUT2D eigenvalue weighted by atomic mass is 16.3. The van der Waals surface area contributed by atoms with Gasteiger partial charge in [0.15, 0.2) is 0 Å². The van der Waals surface area contributed by atoms with Crippen LogP contribution < -0.4 is 5.32 Å². The van der Waals surface area contributed by atoms with Gasteiger partial charge < -0.3 is 10.4 Å². The Balaban J connectivity index is 1.98. The molecule has 2 aromatic carbocycles. The number of hydrogen-bond donors (Lipinski definition) is 2. The number of nitrogens with zero attached hydrogens (tertiary/aromatic N) is 1. The van der Waals surface area contributed by atoms with Crippen LogP contribution >= 0.6 is 0 Å². The van der Waals surface area contributed by atoms with Gasteiger partial charge in [0, 0.05) is 17.5 Å².